The number of hydrazine groups is 1. The summed E-state index contributed by atoms with van der Waals surface area (Å²) in [7, 11) is 1.66. The van der Waals surface area contributed by atoms with Crippen molar-refractivity contribution >= 4 is 0 Å². The molecular formula is C14H16N2O. The van der Waals surface area contributed by atoms with Gasteiger partial charge in [0.05, 0.1) is 13.2 Å². The Morgan fingerprint density at radius 2 is 1.65 bits per heavy atom. The van der Waals surface area contributed by atoms with Gasteiger partial charge in [-0.2, -0.15) is 0 Å². The van der Waals surface area contributed by atoms with Crippen LogP contribution >= 0.6 is 0 Å². The van der Waals surface area contributed by atoms with Crippen LogP contribution in [0, 0.1) is 0 Å². The SMILES string of the molecule is COc1ccccc1[C@@H](NN)c1ccccc1. The highest BCUT2D eigenvalue weighted by atomic mass is 16.5. The molecule has 17 heavy (non-hydrogen) atoms. The fraction of sp³-hybridized carbons (Fsp3) is 0.143. The largest absolute Gasteiger partial charge is 0.496 e. The van der Waals surface area contributed by atoms with Gasteiger partial charge in [0.2, 0.25) is 0 Å². The third-order valence-electron chi connectivity index (χ3n) is 2.75. The Bertz CT molecular complexity index is 471. The Hall–Kier alpha value is -1.84. The van der Waals surface area contributed by atoms with Gasteiger partial charge in [0.15, 0.2) is 0 Å². The van der Waals surface area contributed by atoms with Crippen LogP contribution in [0.15, 0.2) is 54.6 Å². The normalized spacial score (nSPS) is 12.1. The highest BCUT2D eigenvalue weighted by molar-refractivity contribution is 5.41. The highest BCUT2D eigenvalue weighted by Crippen LogP contribution is 2.28. The summed E-state index contributed by atoms with van der Waals surface area (Å²) in [5.41, 5.74) is 4.97. The number of nitrogens with two attached hydrogens (primary N) is 1. The maximum Gasteiger partial charge on any atom is 0.124 e. The zero-order valence-electron chi connectivity index (χ0n) is 9.76. The van der Waals surface area contributed by atoms with Gasteiger partial charge in [-0.05, 0) is 11.6 Å². The second kappa shape index (κ2) is 5.48. The number of benzene rings is 2. The molecule has 0 spiro atoms. The molecule has 3 nitrogen and oxygen atoms in total. The standard InChI is InChI=1S/C14H16N2O/c1-17-13-10-6-5-9-12(13)14(16-15)11-7-3-2-4-8-11/h2-10,14,16H,15H2,1H3/t14-/m0/s1. The average molecular weight is 228 g/mol. The summed E-state index contributed by atoms with van der Waals surface area (Å²) >= 11 is 0. The van der Waals surface area contributed by atoms with Gasteiger partial charge in [-0.3, -0.25) is 5.84 Å². The summed E-state index contributed by atoms with van der Waals surface area (Å²) < 4.78 is 5.35. The van der Waals surface area contributed by atoms with Crippen LogP contribution in [0.5, 0.6) is 5.75 Å². The molecule has 0 fully saturated rings. The summed E-state index contributed by atoms with van der Waals surface area (Å²) in [6.45, 7) is 0. The molecule has 3 heteroatoms. The fourth-order valence-electron chi connectivity index (χ4n) is 1.92. The van der Waals surface area contributed by atoms with E-state index in [1.165, 1.54) is 0 Å². The van der Waals surface area contributed by atoms with Gasteiger partial charge in [0.1, 0.15) is 5.75 Å². The van der Waals surface area contributed by atoms with Crippen molar-refractivity contribution in [1.82, 2.24) is 5.43 Å². The summed E-state index contributed by atoms with van der Waals surface area (Å²) in [4.78, 5) is 0. The molecule has 0 unspecified atom stereocenters. The van der Waals surface area contributed by atoms with E-state index in [4.69, 9.17) is 10.6 Å². The van der Waals surface area contributed by atoms with Crippen LogP contribution in [0.3, 0.4) is 0 Å². The number of nitrogens with one attached hydrogen (secondary N) is 1. The van der Waals surface area contributed by atoms with Crippen molar-refractivity contribution < 1.29 is 4.74 Å². The predicted octanol–water partition coefficient (Wildman–Crippen LogP) is 2.25. The molecule has 0 heterocycles. The second-order valence-corrected chi connectivity index (χ2v) is 3.75. The van der Waals surface area contributed by atoms with E-state index in [-0.39, 0.29) is 6.04 Å². The Kier molecular flexibility index (Phi) is 3.75. The zero-order chi connectivity index (χ0) is 12.1. The quantitative estimate of drug-likeness (QED) is 0.623. The smallest absolute Gasteiger partial charge is 0.124 e. The van der Waals surface area contributed by atoms with Crippen LogP contribution < -0.4 is 16.0 Å². The number of ether oxygens (including phenoxy) is 1. The molecule has 88 valence electrons. The van der Waals surface area contributed by atoms with Crippen molar-refractivity contribution in [2.45, 2.75) is 6.04 Å². The number of para-hydroxylation sites is 1. The van der Waals surface area contributed by atoms with Crippen molar-refractivity contribution in [2.24, 2.45) is 5.84 Å². The minimum atomic E-state index is -0.0626. The molecule has 0 aliphatic heterocycles. The first-order valence-electron chi connectivity index (χ1n) is 5.51. The third-order valence-corrected chi connectivity index (χ3v) is 2.75. The van der Waals surface area contributed by atoms with Crippen molar-refractivity contribution in [3.8, 4) is 5.75 Å². The summed E-state index contributed by atoms with van der Waals surface area (Å²) in [6, 6.07) is 17.9. The first kappa shape index (κ1) is 11.6. The maximum absolute atomic E-state index is 5.65. The Labute approximate surface area is 101 Å². The summed E-state index contributed by atoms with van der Waals surface area (Å²) in [5, 5.41) is 0. The number of rotatable bonds is 4. The highest BCUT2D eigenvalue weighted by Gasteiger charge is 2.15. The number of methoxy groups -OCH3 is 1. The van der Waals surface area contributed by atoms with Crippen LogP contribution in [-0.2, 0) is 0 Å². The lowest BCUT2D eigenvalue weighted by molar-refractivity contribution is 0.404. The predicted molar refractivity (Wildman–Crippen MR) is 68.6 cm³/mol. The summed E-state index contributed by atoms with van der Waals surface area (Å²) in [6.07, 6.45) is 0. The molecule has 0 amide bonds. The molecule has 0 aliphatic carbocycles. The Balaban J connectivity index is 2.42. The van der Waals surface area contributed by atoms with Crippen LogP contribution in [-0.4, -0.2) is 7.11 Å². The Morgan fingerprint density at radius 3 is 2.29 bits per heavy atom. The molecule has 2 aromatic carbocycles. The monoisotopic (exact) mass is 228 g/mol. The van der Waals surface area contributed by atoms with Gasteiger partial charge >= 0.3 is 0 Å². The van der Waals surface area contributed by atoms with Gasteiger partial charge < -0.3 is 4.74 Å². The average Bonchev–Trinajstić information content (AvgIpc) is 2.41. The maximum atomic E-state index is 5.65. The van der Waals surface area contributed by atoms with Crippen molar-refractivity contribution in [2.75, 3.05) is 7.11 Å². The first-order valence-corrected chi connectivity index (χ1v) is 5.51. The van der Waals surface area contributed by atoms with Gasteiger partial charge in [0.25, 0.3) is 0 Å². The molecule has 2 rings (SSSR count). The van der Waals surface area contributed by atoms with E-state index in [2.05, 4.69) is 5.43 Å². The number of hydrogen-bond acceptors (Lipinski definition) is 3. The van der Waals surface area contributed by atoms with Gasteiger partial charge in [-0.15, -0.1) is 0 Å². The Morgan fingerprint density at radius 1 is 1.00 bits per heavy atom. The molecule has 0 saturated carbocycles. The first-order chi connectivity index (χ1) is 8.36. The molecule has 1 atom stereocenters. The molecule has 0 aliphatic rings. The van der Waals surface area contributed by atoms with Crippen molar-refractivity contribution in [3.05, 3.63) is 65.7 Å². The molecule has 2 aromatic rings. The molecule has 0 aromatic heterocycles. The molecule has 3 N–H and O–H groups in total. The van der Waals surface area contributed by atoms with Crippen molar-refractivity contribution in [3.63, 3.8) is 0 Å². The fourth-order valence-corrected chi connectivity index (χ4v) is 1.92. The van der Waals surface area contributed by atoms with Gasteiger partial charge in [0, 0.05) is 5.56 Å². The van der Waals surface area contributed by atoms with E-state index in [0.717, 1.165) is 16.9 Å². The lowest BCUT2D eigenvalue weighted by Gasteiger charge is -2.19. The topological polar surface area (TPSA) is 47.3 Å². The lowest BCUT2D eigenvalue weighted by atomic mass is 9.98. The minimum absolute atomic E-state index is 0.0626. The van der Waals surface area contributed by atoms with E-state index in [1.54, 1.807) is 7.11 Å². The van der Waals surface area contributed by atoms with E-state index >= 15 is 0 Å². The van der Waals surface area contributed by atoms with E-state index in [9.17, 15) is 0 Å². The van der Waals surface area contributed by atoms with Gasteiger partial charge in [-0.25, -0.2) is 5.43 Å². The van der Waals surface area contributed by atoms with E-state index in [1.807, 2.05) is 54.6 Å². The third kappa shape index (κ3) is 2.46. The van der Waals surface area contributed by atoms with E-state index < -0.39 is 0 Å². The van der Waals surface area contributed by atoms with Crippen molar-refractivity contribution in [1.29, 1.82) is 0 Å². The molecular weight excluding hydrogens is 212 g/mol. The zero-order valence-corrected chi connectivity index (χ0v) is 9.76. The summed E-state index contributed by atoms with van der Waals surface area (Å²) in [5.74, 6) is 6.49. The van der Waals surface area contributed by atoms with Crippen LogP contribution in [0.25, 0.3) is 0 Å². The van der Waals surface area contributed by atoms with Crippen LogP contribution in [0.4, 0.5) is 0 Å². The second-order valence-electron chi connectivity index (χ2n) is 3.75. The number of hydrogen-bond donors (Lipinski definition) is 2. The minimum Gasteiger partial charge on any atom is -0.496 e. The van der Waals surface area contributed by atoms with Crippen LogP contribution in [0.2, 0.25) is 0 Å². The van der Waals surface area contributed by atoms with Crippen LogP contribution in [0.1, 0.15) is 17.2 Å². The molecule has 0 radical (unpaired) electrons. The van der Waals surface area contributed by atoms with E-state index in [0.29, 0.717) is 0 Å². The van der Waals surface area contributed by atoms with Gasteiger partial charge in [-0.1, -0.05) is 48.5 Å². The lowest BCUT2D eigenvalue weighted by Crippen LogP contribution is -2.29. The molecule has 0 saturated heterocycles. The molecule has 0 bridgehead atoms.